The summed E-state index contributed by atoms with van der Waals surface area (Å²) in [6.07, 6.45) is 6.50. The van der Waals surface area contributed by atoms with Gasteiger partial charge in [0.15, 0.2) is 0 Å². The van der Waals surface area contributed by atoms with E-state index in [1.54, 1.807) is 0 Å². The molecule has 0 aliphatic rings. The fourth-order valence-electron chi connectivity index (χ4n) is 4.13. The molecule has 0 atom stereocenters. The lowest BCUT2D eigenvalue weighted by Crippen LogP contribution is -2.02. The SMILES string of the molecule is CCCCOc1ccc(-c2cc(-c3ccc(OCCCC)cc3)[o+]c(-c3ccc(OCCCC)cc3)c2)cc1.F[B-](F)(F)F. The van der Waals surface area contributed by atoms with Crippen LogP contribution in [-0.4, -0.2) is 27.1 Å². The Bertz CT molecular complexity index is 1200. The first-order valence-corrected chi connectivity index (χ1v) is 15.2. The number of benzene rings is 3. The molecule has 236 valence electrons. The summed E-state index contributed by atoms with van der Waals surface area (Å²) in [6.45, 7) is 8.70. The molecule has 1 heterocycles. The van der Waals surface area contributed by atoms with E-state index in [4.69, 9.17) is 18.6 Å². The minimum absolute atomic E-state index is 0.732. The Labute approximate surface area is 258 Å². The van der Waals surface area contributed by atoms with E-state index in [1.165, 1.54) is 0 Å². The summed E-state index contributed by atoms with van der Waals surface area (Å²) in [4.78, 5) is 0. The van der Waals surface area contributed by atoms with Crippen molar-refractivity contribution in [1.82, 2.24) is 0 Å². The number of unbranched alkanes of at least 4 members (excludes halogenated alkanes) is 3. The van der Waals surface area contributed by atoms with Crippen LogP contribution >= 0.6 is 0 Å². The van der Waals surface area contributed by atoms with E-state index in [9.17, 15) is 17.3 Å². The monoisotopic (exact) mass is 612 g/mol. The Balaban J connectivity index is 0.000000978. The Morgan fingerprint density at radius 2 is 0.773 bits per heavy atom. The molecule has 4 nitrogen and oxygen atoms in total. The Morgan fingerprint density at radius 3 is 1.07 bits per heavy atom. The van der Waals surface area contributed by atoms with Crippen molar-refractivity contribution in [2.45, 2.75) is 59.3 Å². The summed E-state index contributed by atoms with van der Waals surface area (Å²) in [5.74, 6) is 4.25. The smallest absolute Gasteiger partial charge is 0.494 e. The lowest BCUT2D eigenvalue weighted by atomic mass is 10.0. The van der Waals surface area contributed by atoms with E-state index in [0.29, 0.717) is 0 Å². The van der Waals surface area contributed by atoms with Crippen LogP contribution < -0.4 is 14.2 Å². The highest BCUT2D eigenvalue weighted by atomic mass is 19.5. The molecule has 0 amide bonds. The van der Waals surface area contributed by atoms with Crippen molar-refractivity contribution >= 4 is 7.25 Å². The average Bonchev–Trinajstić information content (AvgIpc) is 3.01. The molecule has 0 N–H and O–H groups in total. The van der Waals surface area contributed by atoms with Crippen LogP contribution in [0.4, 0.5) is 17.3 Å². The van der Waals surface area contributed by atoms with Crippen molar-refractivity contribution in [3.05, 3.63) is 84.9 Å². The molecule has 0 saturated carbocycles. The predicted octanol–water partition coefficient (Wildman–Crippen LogP) is 11.4. The number of ether oxygens (including phenoxy) is 3. The minimum atomic E-state index is -6.00. The zero-order valence-corrected chi connectivity index (χ0v) is 25.7. The molecular weight excluding hydrogens is 571 g/mol. The molecule has 3 aromatic carbocycles. The van der Waals surface area contributed by atoms with Crippen LogP contribution in [-0.2, 0) is 0 Å². The van der Waals surface area contributed by atoms with Gasteiger partial charge in [-0.2, -0.15) is 0 Å². The highest BCUT2D eigenvalue weighted by Gasteiger charge is 2.21. The van der Waals surface area contributed by atoms with Crippen molar-refractivity contribution in [3.63, 3.8) is 0 Å². The average molecular weight is 613 g/mol. The second-order valence-corrected chi connectivity index (χ2v) is 10.2. The van der Waals surface area contributed by atoms with E-state index in [-0.39, 0.29) is 0 Å². The third-order valence-corrected chi connectivity index (χ3v) is 6.56. The Hall–Kier alpha value is -4.01. The summed E-state index contributed by atoms with van der Waals surface area (Å²) in [7, 11) is -6.00. The molecule has 9 heteroatoms. The maximum absolute atomic E-state index is 9.75. The van der Waals surface area contributed by atoms with Crippen molar-refractivity contribution in [3.8, 4) is 51.0 Å². The summed E-state index contributed by atoms with van der Waals surface area (Å²) in [5.41, 5.74) is 4.19. The van der Waals surface area contributed by atoms with Gasteiger partial charge in [-0.25, -0.2) is 4.42 Å². The minimum Gasteiger partial charge on any atom is -0.494 e. The molecular formula is C35H41BF4O4. The number of rotatable bonds is 15. The Morgan fingerprint density at radius 1 is 0.477 bits per heavy atom. The van der Waals surface area contributed by atoms with Crippen LogP contribution in [0.3, 0.4) is 0 Å². The molecule has 1 aromatic heterocycles. The standard InChI is InChI=1S/C35H41O4.BF4/c1-4-7-22-36-31-16-10-27(11-17-31)30-25-34(28-12-18-32(19-13-28)37-23-8-5-2)39-35(26-30)29-14-20-33(21-15-29)38-24-9-6-3;2-1(3,4)5/h10-21,25-26H,4-9,22-24H2,1-3H3;/q+1;-1. The first kappa shape index (κ1) is 34.5. The zero-order valence-electron chi connectivity index (χ0n) is 25.7. The molecule has 0 spiro atoms. The summed E-state index contributed by atoms with van der Waals surface area (Å²) >= 11 is 0. The van der Waals surface area contributed by atoms with E-state index in [2.05, 4.69) is 69.3 Å². The third-order valence-electron chi connectivity index (χ3n) is 6.56. The van der Waals surface area contributed by atoms with Gasteiger partial charge in [0.2, 0.25) is 0 Å². The molecule has 0 fully saturated rings. The molecule has 0 aliphatic heterocycles. The predicted molar refractivity (Wildman–Crippen MR) is 171 cm³/mol. The van der Waals surface area contributed by atoms with E-state index < -0.39 is 7.25 Å². The third kappa shape index (κ3) is 12.3. The van der Waals surface area contributed by atoms with Crippen LogP contribution in [0.5, 0.6) is 17.2 Å². The maximum atomic E-state index is 9.75. The van der Waals surface area contributed by atoms with E-state index >= 15 is 0 Å². The van der Waals surface area contributed by atoms with Gasteiger partial charge in [-0.15, -0.1) is 0 Å². The number of hydrogen-bond acceptors (Lipinski definition) is 3. The highest BCUT2D eigenvalue weighted by Crippen LogP contribution is 2.34. The molecule has 0 radical (unpaired) electrons. The zero-order chi connectivity index (χ0) is 31.8. The second kappa shape index (κ2) is 18.0. The van der Waals surface area contributed by atoms with Gasteiger partial charge in [0.05, 0.1) is 43.1 Å². The molecule has 4 aromatic rings. The van der Waals surface area contributed by atoms with Gasteiger partial charge in [-0.1, -0.05) is 52.2 Å². The first-order chi connectivity index (χ1) is 21.2. The van der Waals surface area contributed by atoms with Crippen LogP contribution in [0.25, 0.3) is 33.8 Å². The first-order valence-electron chi connectivity index (χ1n) is 15.2. The van der Waals surface area contributed by atoms with Crippen LogP contribution in [0.1, 0.15) is 59.3 Å². The van der Waals surface area contributed by atoms with Gasteiger partial charge >= 0.3 is 18.8 Å². The molecule has 44 heavy (non-hydrogen) atoms. The van der Waals surface area contributed by atoms with Gasteiger partial charge in [0.25, 0.3) is 0 Å². The number of hydrogen-bond donors (Lipinski definition) is 0. The summed E-state index contributed by atoms with van der Waals surface area (Å²) < 4.78 is 63.1. The maximum Gasteiger partial charge on any atom is 0.673 e. The second-order valence-electron chi connectivity index (χ2n) is 10.2. The fourth-order valence-corrected chi connectivity index (χ4v) is 4.13. The van der Waals surface area contributed by atoms with E-state index in [1.807, 2.05) is 36.4 Å². The number of halogens is 4. The lowest BCUT2D eigenvalue weighted by Gasteiger charge is -2.08. The molecule has 0 saturated heterocycles. The fraction of sp³-hybridized carbons (Fsp3) is 0.343. The van der Waals surface area contributed by atoms with Gasteiger partial charge in [0, 0.05) is 5.56 Å². The molecule has 4 rings (SSSR count). The van der Waals surface area contributed by atoms with E-state index in [0.717, 1.165) is 109 Å². The largest absolute Gasteiger partial charge is 0.673 e. The van der Waals surface area contributed by atoms with Crippen LogP contribution in [0.15, 0.2) is 89.3 Å². The van der Waals surface area contributed by atoms with Crippen molar-refractivity contribution in [1.29, 1.82) is 0 Å². The normalized spacial score (nSPS) is 11.0. The molecule has 0 aliphatic carbocycles. The van der Waals surface area contributed by atoms with Crippen molar-refractivity contribution < 1.29 is 35.9 Å². The summed E-state index contributed by atoms with van der Waals surface area (Å²) in [5, 5.41) is 0. The van der Waals surface area contributed by atoms with Gasteiger partial charge in [-0.05, 0) is 85.5 Å². The molecule has 0 bridgehead atoms. The lowest BCUT2D eigenvalue weighted by molar-refractivity contribution is 0.309. The topological polar surface area (TPSA) is 39.0 Å². The Kier molecular flexibility index (Phi) is 14.1. The quantitative estimate of drug-likeness (QED) is 0.0580. The van der Waals surface area contributed by atoms with Crippen molar-refractivity contribution in [2.75, 3.05) is 19.8 Å². The van der Waals surface area contributed by atoms with Gasteiger partial charge < -0.3 is 31.5 Å². The van der Waals surface area contributed by atoms with Gasteiger partial charge in [0.1, 0.15) is 17.2 Å². The molecule has 0 unspecified atom stereocenters. The highest BCUT2D eigenvalue weighted by molar-refractivity contribution is 6.50. The van der Waals surface area contributed by atoms with Crippen LogP contribution in [0.2, 0.25) is 0 Å². The summed E-state index contributed by atoms with van der Waals surface area (Å²) in [6, 6.07) is 28.8. The van der Waals surface area contributed by atoms with Gasteiger partial charge in [-0.3, -0.25) is 0 Å². The van der Waals surface area contributed by atoms with Crippen molar-refractivity contribution in [2.24, 2.45) is 0 Å². The van der Waals surface area contributed by atoms with Crippen LogP contribution in [0, 0.1) is 0 Å².